The molecule has 0 amide bonds. The van der Waals surface area contributed by atoms with Gasteiger partial charge in [-0.15, -0.1) is 6.42 Å². The average Bonchev–Trinajstić information content (AvgIpc) is 2.88. The number of aliphatic hydroxyl groups excluding tert-OH is 1. The Morgan fingerprint density at radius 1 is 0.757 bits per heavy atom. The van der Waals surface area contributed by atoms with E-state index in [0.717, 1.165) is 19.3 Å². The molecule has 0 rings (SSSR count). The van der Waals surface area contributed by atoms with Crippen molar-refractivity contribution in [3.05, 3.63) is 0 Å². The second-order valence-electron chi connectivity index (χ2n) is 7.47. The van der Waals surface area contributed by atoms with Gasteiger partial charge in [-0.25, -0.2) is 4.79 Å². The monoisotopic (exact) mass is 527 g/mol. The number of rotatable bonds is 15. The minimum Gasteiger partial charge on any atom is -0.456 e. The predicted octanol–water partition coefficient (Wildman–Crippen LogP) is 6.76. The molecule has 37 heavy (non-hydrogen) atoms. The lowest BCUT2D eigenvalue weighted by atomic mass is 10.1. The van der Waals surface area contributed by atoms with E-state index in [1.54, 1.807) is 0 Å². The predicted molar refractivity (Wildman–Crippen MR) is 172 cm³/mol. The number of carbonyl (C=O) groups is 2. The normalized spacial score (nSPS) is 8.78. The van der Waals surface area contributed by atoms with Crippen LogP contribution in [0.15, 0.2) is 0 Å². The van der Waals surface area contributed by atoms with Gasteiger partial charge in [0, 0.05) is 30.9 Å². The summed E-state index contributed by atoms with van der Waals surface area (Å²) in [5.41, 5.74) is 0. The molecule has 0 aliphatic heterocycles. The van der Waals surface area contributed by atoms with Crippen LogP contribution in [0, 0.1) is 83.4 Å². The Bertz CT molecular complexity index is 1130. The Hall–Kier alpha value is -4.22. The van der Waals surface area contributed by atoms with Crippen LogP contribution in [0.1, 0.15) is 96.1 Å². The number of carbonyl (C=O) groups excluding carboxylic acids is 2. The summed E-state index contributed by atoms with van der Waals surface area (Å²) in [5, 5.41) is 9.35. The van der Waals surface area contributed by atoms with Gasteiger partial charge in [-0.05, 0) is 77.5 Å². The third-order valence-electron chi connectivity index (χ3n) is 4.50. The van der Waals surface area contributed by atoms with E-state index in [1.165, 1.54) is 44.9 Å². The van der Waals surface area contributed by atoms with Gasteiger partial charge in [-0.1, -0.05) is 64.7 Å². The number of hydrogen-bond acceptors (Lipinski definition) is 6. The number of ether oxygens (including phenoxy) is 2. The number of unbranched alkanes of at least 4 members (excludes halogenated alkanes) is 9. The van der Waals surface area contributed by atoms with Crippen molar-refractivity contribution in [3.8, 4) is 83.4 Å². The summed E-state index contributed by atoms with van der Waals surface area (Å²) in [6, 6.07) is 0. The second-order valence-corrected chi connectivity index (χ2v) is 7.47. The van der Waals surface area contributed by atoms with Crippen molar-refractivity contribution in [2.75, 3.05) is 13.2 Å². The zero-order chi connectivity index (χ0) is 26.5. The van der Waals surface area contributed by atoms with Crippen LogP contribution in [0.25, 0.3) is 0 Å². The van der Waals surface area contributed by atoms with E-state index >= 15 is 0 Å². The smallest absolute Gasteiger partial charge is 0.385 e. The van der Waals surface area contributed by atoms with Crippen LogP contribution in [-0.4, -0.2) is 36.4 Å². The summed E-state index contributed by atoms with van der Waals surface area (Å²) >= 11 is 0. The minimum atomic E-state index is -0.928. The molecule has 4 N–H and O–H groups in total. The molecule has 220 valence electrons. The lowest BCUT2D eigenvalue weighted by Crippen LogP contribution is -2.28. The van der Waals surface area contributed by atoms with E-state index in [0.29, 0.717) is 0 Å². The molecule has 0 aromatic rings. The topological polar surface area (TPSA) is 108 Å². The van der Waals surface area contributed by atoms with E-state index in [1.807, 2.05) is 0 Å². The van der Waals surface area contributed by atoms with Gasteiger partial charge in [0.1, 0.15) is 6.61 Å². The van der Waals surface area contributed by atoms with Crippen molar-refractivity contribution in [1.29, 1.82) is 0 Å². The Balaban J connectivity index is -0.0000000673. The van der Waals surface area contributed by atoms with Crippen LogP contribution >= 0.6 is 0 Å². The molecule has 0 radical (unpaired) electrons. The molecule has 0 unspecified atom stereocenters. The molecule has 0 saturated carbocycles. The third-order valence-corrected chi connectivity index (χ3v) is 4.50. The van der Waals surface area contributed by atoms with Gasteiger partial charge < -0.3 is 20.7 Å². The summed E-state index contributed by atoms with van der Waals surface area (Å²) in [6.07, 6.45) is 16.0. The fraction of sp³-hybridized carbons (Fsp3) is 0.484. The summed E-state index contributed by atoms with van der Waals surface area (Å²) in [6.45, 7) is 1.47. The number of hydrogen-bond donors (Lipinski definition) is 2. The van der Waals surface area contributed by atoms with E-state index in [9.17, 15) is 14.7 Å². The molecule has 6 nitrogen and oxygen atoms in total. The van der Waals surface area contributed by atoms with Gasteiger partial charge >= 0.3 is 11.9 Å². The highest BCUT2D eigenvalue weighted by Crippen LogP contribution is 2.11. The summed E-state index contributed by atoms with van der Waals surface area (Å²) in [4.78, 5) is 23.5. The fourth-order valence-electron chi connectivity index (χ4n) is 2.73. The molecule has 0 saturated heterocycles. The SMILES string of the molecule is C#CC#CC#CC#CC#CC#CC#CC(=O)OC[C@@H](CO)OC(=O)CCCCCCCCCCCC.N.[HH].[HH].[HH].[HH].[HH].[HH].[HH].[HH].[HH].[HH].[HH].[HH].[HH]. The second kappa shape index (κ2) is 28.0. The van der Waals surface area contributed by atoms with Crippen molar-refractivity contribution < 1.29 is 42.7 Å². The van der Waals surface area contributed by atoms with Gasteiger partial charge in [0.05, 0.1) is 6.61 Å². The van der Waals surface area contributed by atoms with Crippen LogP contribution < -0.4 is 6.15 Å². The van der Waals surface area contributed by atoms with E-state index in [-0.39, 0.29) is 37.7 Å². The summed E-state index contributed by atoms with van der Waals surface area (Å²) in [5.74, 6) is 29.3. The first-order valence-electron chi connectivity index (χ1n) is 12.1. The molecule has 0 aromatic heterocycles. The lowest BCUT2D eigenvalue weighted by Gasteiger charge is -2.14. The standard InChI is InChI=1S/C31H32O5.H3N.13H2/c1-3-5-7-9-11-13-15-16-18-19-21-23-25-30(33)35-28-29(27-32)36-31(34)26-24-22-20-17-14-12-10-8-6-4-2;;;;;;;;;;;;;;/h1,29,32H,4,6,8,10,12,14,17,20,22,24,26-28H2,2H3;1H3;13*1H/t29-;;;;;;;;;;;;;;/m1............../s1. The van der Waals surface area contributed by atoms with Crippen LogP contribution in [0.4, 0.5) is 0 Å². The number of terminal acetylenes is 1. The Morgan fingerprint density at radius 3 is 1.70 bits per heavy atom. The van der Waals surface area contributed by atoms with Crippen molar-refractivity contribution in [1.82, 2.24) is 6.15 Å². The Morgan fingerprint density at radius 2 is 1.22 bits per heavy atom. The van der Waals surface area contributed by atoms with Crippen LogP contribution in [-0.2, 0) is 19.1 Å². The first-order valence-corrected chi connectivity index (χ1v) is 12.1. The zero-order valence-corrected chi connectivity index (χ0v) is 21.6. The zero-order valence-electron chi connectivity index (χ0n) is 21.6. The average molecular weight is 528 g/mol. The van der Waals surface area contributed by atoms with Crippen LogP contribution in [0.3, 0.4) is 0 Å². The number of esters is 2. The van der Waals surface area contributed by atoms with Crippen molar-refractivity contribution in [2.24, 2.45) is 0 Å². The molecule has 0 heterocycles. The molecular weight excluding hydrogens is 466 g/mol. The lowest BCUT2D eigenvalue weighted by molar-refractivity contribution is -0.159. The molecule has 6 heteroatoms. The molecular formula is C31H61NO5. The Labute approximate surface area is 241 Å². The molecule has 0 fully saturated rings. The highest BCUT2D eigenvalue weighted by Gasteiger charge is 2.15. The van der Waals surface area contributed by atoms with Crippen LogP contribution in [0.2, 0.25) is 0 Å². The number of aliphatic hydroxyl groups is 1. The highest BCUT2D eigenvalue weighted by atomic mass is 16.6. The maximum absolute atomic E-state index is 11.9. The Kier molecular flexibility index (Phi) is 26.5. The van der Waals surface area contributed by atoms with E-state index in [4.69, 9.17) is 15.9 Å². The molecule has 0 spiro atoms. The molecule has 0 aromatic carbocycles. The molecule has 0 bridgehead atoms. The third kappa shape index (κ3) is 26.2. The summed E-state index contributed by atoms with van der Waals surface area (Å²) < 4.78 is 10.0. The maximum atomic E-state index is 11.9. The van der Waals surface area contributed by atoms with E-state index in [2.05, 4.69) is 83.9 Å². The highest BCUT2D eigenvalue weighted by molar-refractivity contribution is 5.89. The van der Waals surface area contributed by atoms with Crippen LogP contribution in [0.5, 0.6) is 0 Å². The molecule has 0 aliphatic carbocycles. The minimum absolute atomic E-state index is 0. The quantitative estimate of drug-likeness (QED) is 0.105. The van der Waals surface area contributed by atoms with E-state index < -0.39 is 24.6 Å². The maximum Gasteiger partial charge on any atom is 0.385 e. The van der Waals surface area contributed by atoms with Gasteiger partial charge in [-0.2, -0.15) is 0 Å². The summed E-state index contributed by atoms with van der Waals surface area (Å²) in [7, 11) is 0. The van der Waals surface area contributed by atoms with Gasteiger partial charge in [0.15, 0.2) is 6.10 Å². The van der Waals surface area contributed by atoms with Gasteiger partial charge in [0.2, 0.25) is 0 Å². The first-order chi connectivity index (χ1) is 17.6. The van der Waals surface area contributed by atoms with Crippen molar-refractivity contribution >= 4 is 11.9 Å². The van der Waals surface area contributed by atoms with Gasteiger partial charge in [0.25, 0.3) is 0 Å². The largest absolute Gasteiger partial charge is 0.456 e. The van der Waals surface area contributed by atoms with Gasteiger partial charge in [-0.3, -0.25) is 4.79 Å². The van der Waals surface area contributed by atoms with Crippen molar-refractivity contribution in [3.63, 3.8) is 0 Å². The van der Waals surface area contributed by atoms with Crippen molar-refractivity contribution in [2.45, 2.75) is 83.7 Å². The molecule has 1 atom stereocenters. The fourth-order valence-corrected chi connectivity index (χ4v) is 2.73. The molecule has 0 aliphatic rings. The first kappa shape index (κ1) is 34.9.